The van der Waals surface area contributed by atoms with Gasteiger partial charge in [-0.25, -0.2) is 4.79 Å². The van der Waals surface area contributed by atoms with Crippen molar-refractivity contribution in [3.05, 3.63) is 24.3 Å². The van der Waals surface area contributed by atoms with E-state index >= 15 is 0 Å². The number of anilines is 2. The Morgan fingerprint density at radius 3 is 2.25 bits per heavy atom. The highest BCUT2D eigenvalue weighted by molar-refractivity contribution is 6.10. The van der Waals surface area contributed by atoms with E-state index in [1.54, 1.807) is 0 Å². The van der Waals surface area contributed by atoms with Gasteiger partial charge in [0, 0.05) is 24.5 Å². The van der Waals surface area contributed by atoms with E-state index in [4.69, 9.17) is 0 Å². The van der Waals surface area contributed by atoms with Crippen LogP contribution in [0.4, 0.5) is 16.2 Å². The Balaban J connectivity index is 1.35. The molecule has 4 rings (SSSR count). The van der Waals surface area contributed by atoms with E-state index < -0.39 is 11.6 Å². The third-order valence-electron chi connectivity index (χ3n) is 6.13. The molecule has 3 aliphatic rings. The van der Waals surface area contributed by atoms with Crippen molar-refractivity contribution < 1.29 is 14.4 Å². The second-order valence-corrected chi connectivity index (χ2v) is 8.11. The summed E-state index contributed by atoms with van der Waals surface area (Å²) >= 11 is 0. The molecule has 2 heterocycles. The van der Waals surface area contributed by atoms with Crippen molar-refractivity contribution in [3.63, 3.8) is 0 Å². The van der Waals surface area contributed by atoms with E-state index in [-0.39, 0.29) is 18.4 Å². The van der Waals surface area contributed by atoms with Gasteiger partial charge in [0.2, 0.25) is 5.91 Å². The lowest BCUT2D eigenvalue weighted by molar-refractivity contribution is -0.133. The Labute approximate surface area is 165 Å². The summed E-state index contributed by atoms with van der Waals surface area (Å²) < 4.78 is 0. The van der Waals surface area contributed by atoms with Crippen molar-refractivity contribution in [2.45, 2.75) is 56.9 Å². The SMILES string of the molecule is O=C(CN1C(=O)NC2(CCCC2)C1=O)Nc1ccc(N2CCCCCC2)cc1. The molecule has 1 spiro atoms. The van der Waals surface area contributed by atoms with Crippen molar-refractivity contribution >= 4 is 29.2 Å². The number of carbonyl (C=O) groups is 3. The van der Waals surface area contributed by atoms with Crippen molar-refractivity contribution in [1.82, 2.24) is 10.2 Å². The molecular formula is C21H28N4O3. The maximum Gasteiger partial charge on any atom is 0.325 e. The second-order valence-electron chi connectivity index (χ2n) is 8.11. The van der Waals surface area contributed by atoms with E-state index in [2.05, 4.69) is 15.5 Å². The molecule has 2 aliphatic heterocycles. The first-order chi connectivity index (χ1) is 13.6. The number of carbonyl (C=O) groups excluding carboxylic acids is 3. The molecule has 7 heteroatoms. The Hall–Kier alpha value is -2.57. The number of nitrogens with one attached hydrogen (secondary N) is 2. The van der Waals surface area contributed by atoms with Gasteiger partial charge in [-0.05, 0) is 49.9 Å². The molecular weight excluding hydrogens is 356 g/mol. The van der Waals surface area contributed by atoms with E-state index in [0.717, 1.165) is 36.5 Å². The zero-order valence-corrected chi connectivity index (χ0v) is 16.2. The van der Waals surface area contributed by atoms with Crippen LogP contribution in [0.1, 0.15) is 51.4 Å². The van der Waals surface area contributed by atoms with Crippen LogP contribution in [-0.2, 0) is 9.59 Å². The molecule has 7 nitrogen and oxygen atoms in total. The van der Waals surface area contributed by atoms with Crippen LogP contribution < -0.4 is 15.5 Å². The highest BCUT2D eigenvalue weighted by Crippen LogP contribution is 2.35. The van der Waals surface area contributed by atoms with Crippen LogP contribution in [0.3, 0.4) is 0 Å². The second kappa shape index (κ2) is 7.81. The van der Waals surface area contributed by atoms with Gasteiger partial charge in [0.25, 0.3) is 5.91 Å². The van der Waals surface area contributed by atoms with Crippen molar-refractivity contribution in [2.24, 2.45) is 0 Å². The third kappa shape index (κ3) is 3.70. The topological polar surface area (TPSA) is 81.8 Å². The number of nitrogens with zero attached hydrogens (tertiary/aromatic N) is 2. The van der Waals surface area contributed by atoms with Crippen LogP contribution in [0.25, 0.3) is 0 Å². The molecule has 2 N–H and O–H groups in total. The number of benzene rings is 1. The highest BCUT2D eigenvalue weighted by Gasteiger charge is 2.52. The van der Waals surface area contributed by atoms with E-state index in [1.165, 1.54) is 25.7 Å². The largest absolute Gasteiger partial charge is 0.372 e. The Morgan fingerprint density at radius 2 is 1.61 bits per heavy atom. The predicted molar refractivity (Wildman–Crippen MR) is 107 cm³/mol. The zero-order valence-electron chi connectivity index (χ0n) is 16.2. The fourth-order valence-corrected chi connectivity index (χ4v) is 4.57. The third-order valence-corrected chi connectivity index (χ3v) is 6.13. The summed E-state index contributed by atoms with van der Waals surface area (Å²) in [5.74, 6) is -0.622. The van der Waals surface area contributed by atoms with Gasteiger partial charge >= 0.3 is 6.03 Å². The molecule has 28 heavy (non-hydrogen) atoms. The molecule has 1 saturated carbocycles. The number of amides is 4. The van der Waals surface area contributed by atoms with Crippen LogP contribution in [-0.4, -0.2) is 47.9 Å². The lowest BCUT2D eigenvalue weighted by Gasteiger charge is -2.23. The van der Waals surface area contributed by atoms with Crippen LogP contribution >= 0.6 is 0 Å². The first-order valence-electron chi connectivity index (χ1n) is 10.4. The number of urea groups is 1. The standard InChI is InChI=1S/C21H28N4O3/c26-18(15-25-19(27)21(23-20(25)28)11-3-4-12-21)22-16-7-9-17(10-8-16)24-13-5-1-2-6-14-24/h7-10H,1-6,11-15H2,(H,22,26)(H,23,28). The van der Waals surface area contributed by atoms with Gasteiger partial charge in [0.1, 0.15) is 12.1 Å². The smallest absolute Gasteiger partial charge is 0.325 e. The molecule has 0 unspecified atom stereocenters. The monoisotopic (exact) mass is 384 g/mol. The summed E-state index contributed by atoms with van der Waals surface area (Å²) in [4.78, 5) is 40.7. The molecule has 0 radical (unpaired) electrons. The van der Waals surface area contributed by atoms with Gasteiger partial charge in [-0.3, -0.25) is 14.5 Å². The molecule has 0 bridgehead atoms. The molecule has 0 aromatic heterocycles. The zero-order chi connectivity index (χ0) is 19.6. The minimum Gasteiger partial charge on any atom is -0.372 e. The van der Waals surface area contributed by atoms with Gasteiger partial charge in [0.15, 0.2) is 0 Å². The highest BCUT2D eigenvalue weighted by atomic mass is 16.2. The summed E-state index contributed by atoms with van der Waals surface area (Å²) in [6.07, 6.45) is 8.17. The van der Waals surface area contributed by atoms with Crippen LogP contribution in [0, 0.1) is 0 Å². The van der Waals surface area contributed by atoms with E-state index in [9.17, 15) is 14.4 Å². The van der Waals surface area contributed by atoms with Crippen LogP contribution in [0.5, 0.6) is 0 Å². The average Bonchev–Trinajstić information content (AvgIpc) is 3.11. The van der Waals surface area contributed by atoms with Crippen LogP contribution in [0.15, 0.2) is 24.3 Å². The molecule has 1 aromatic carbocycles. The van der Waals surface area contributed by atoms with Gasteiger partial charge in [-0.15, -0.1) is 0 Å². The minimum absolute atomic E-state index is 0.250. The molecule has 2 saturated heterocycles. The summed E-state index contributed by atoms with van der Waals surface area (Å²) in [5.41, 5.74) is 1.06. The fraction of sp³-hybridized carbons (Fsp3) is 0.571. The quantitative estimate of drug-likeness (QED) is 0.782. The van der Waals surface area contributed by atoms with Gasteiger partial charge in [0.05, 0.1) is 0 Å². The van der Waals surface area contributed by atoms with Crippen molar-refractivity contribution in [1.29, 1.82) is 0 Å². The minimum atomic E-state index is -0.772. The maximum atomic E-state index is 12.6. The number of hydrogen-bond acceptors (Lipinski definition) is 4. The molecule has 4 amide bonds. The maximum absolute atomic E-state index is 12.6. The summed E-state index contributed by atoms with van der Waals surface area (Å²) in [5, 5.41) is 5.60. The lowest BCUT2D eigenvalue weighted by Crippen LogP contribution is -2.44. The molecule has 3 fully saturated rings. The Kier molecular flexibility index (Phi) is 5.24. The average molecular weight is 384 g/mol. The number of rotatable bonds is 4. The first kappa shape index (κ1) is 18.8. The normalized spacial score (nSPS) is 21.7. The Bertz CT molecular complexity index is 747. The van der Waals surface area contributed by atoms with Gasteiger partial charge in [-0.2, -0.15) is 0 Å². The van der Waals surface area contributed by atoms with E-state index in [0.29, 0.717) is 18.5 Å². The predicted octanol–water partition coefficient (Wildman–Crippen LogP) is 2.87. The van der Waals surface area contributed by atoms with Gasteiger partial charge in [-0.1, -0.05) is 25.7 Å². The Morgan fingerprint density at radius 1 is 0.964 bits per heavy atom. The van der Waals surface area contributed by atoms with Gasteiger partial charge < -0.3 is 15.5 Å². The molecule has 1 aliphatic carbocycles. The first-order valence-corrected chi connectivity index (χ1v) is 10.4. The summed E-state index contributed by atoms with van der Waals surface area (Å²) in [6.45, 7) is 1.89. The van der Waals surface area contributed by atoms with Crippen molar-refractivity contribution in [2.75, 3.05) is 29.9 Å². The van der Waals surface area contributed by atoms with Crippen molar-refractivity contribution in [3.8, 4) is 0 Å². The molecule has 150 valence electrons. The molecule has 1 aromatic rings. The fourth-order valence-electron chi connectivity index (χ4n) is 4.57. The van der Waals surface area contributed by atoms with Crippen LogP contribution in [0.2, 0.25) is 0 Å². The lowest BCUT2D eigenvalue weighted by atomic mass is 9.98. The summed E-state index contributed by atoms with van der Waals surface area (Å²) in [7, 11) is 0. The number of hydrogen-bond donors (Lipinski definition) is 2. The van der Waals surface area contributed by atoms with E-state index in [1.807, 2.05) is 24.3 Å². The number of imide groups is 1. The molecule has 0 atom stereocenters. The summed E-state index contributed by atoms with van der Waals surface area (Å²) in [6, 6.07) is 7.33.